The van der Waals surface area contributed by atoms with Crippen LogP contribution in [0, 0.1) is 0 Å². The molecule has 3 aromatic heterocycles. The summed E-state index contributed by atoms with van der Waals surface area (Å²) in [6.45, 7) is 0.573. The van der Waals surface area contributed by atoms with E-state index in [0.29, 0.717) is 28.0 Å². The molecule has 8 nitrogen and oxygen atoms in total. The van der Waals surface area contributed by atoms with E-state index in [-0.39, 0.29) is 5.91 Å². The van der Waals surface area contributed by atoms with Crippen molar-refractivity contribution < 1.29 is 4.79 Å². The number of tetrazole rings is 1. The zero-order chi connectivity index (χ0) is 21.9. The van der Waals surface area contributed by atoms with Gasteiger partial charge in [-0.1, -0.05) is 41.3 Å². The fourth-order valence-corrected chi connectivity index (χ4v) is 4.87. The molecule has 1 fully saturated rings. The number of thioether (sulfide) groups is 1. The van der Waals surface area contributed by atoms with Crippen LogP contribution in [0.5, 0.6) is 0 Å². The quantitative estimate of drug-likeness (QED) is 0.244. The highest BCUT2D eigenvalue weighted by Crippen LogP contribution is 2.33. The van der Waals surface area contributed by atoms with E-state index in [0.717, 1.165) is 40.7 Å². The maximum absolute atomic E-state index is 12.9. The maximum Gasteiger partial charge on any atom is 0.266 e. The number of aromatic amines is 2. The molecule has 1 saturated heterocycles. The first-order valence-corrected chi connectivity index (χ1v) is 11.4. The molecule has 1 amide bonds. The number of unbranched alkanes of at least 4 members (excludes halogenated alkanes) is 1. The number of amides is 1. The van der Waals surface area contributed by atoms with Gasteiger partial charge in [-0.3, -0.25) is 9.69 Å². The largest absolute Gasteiger partial charge is 0.361 e. The number of carbonyl (C=O) groups excluding carboxylic acids is 1. The van der Waals surface area contributed by atoms with Crippen LogP contribution in [0.15, 0.2) is 53.6 Å². The number of nitrogens with one attached hydrogen (secondary N) is 2. The van der Waals surface area contributed by atoms with Crippen LogP contribution in [-0.2, 0) is 11.2 Å². The lowest BCUT2D eigenvalue weighted by Gasteiger charge is -2.13. The summed E-state index contributed by atoms with van der Waals surface area (Å²) < 4.78 is 0.579. The summed E-state index contributed by atoms with van der Waals surface area (Å²) in [6, 6.07) is 14.0. The van der Waals surface area contributed by atoms with Gasteiger partial charge in [0.1, 0.15) is 4.32 Å². The van der Waals surface area contributed by atoms with Crippen molar-refractivity contribution in [3.05, 3.63) is 65.1 Å². The fraction of sp³-hybridized carbons (Fsp3) is 0.182. The number of rotatable bonds is 7. The minimum atomic E-state index is -0.0690. The Morgan fingerprint density at radius 1 is 1.16 bits per heavy atom. The number of hydrogen-bond donors (Lipinski definition) is 2. The second kappa shape index (κ2) is 9.01. The van der Waals surface area contributed by atoms with E-state index in [2.05, 4.69) is 31.7 Å². The predicted molar refractivity (Wildman–Crippen MR) is 129 cm³/mol. The highest BCUT2D eigenvalue weighted by atomic mass is 32.2. The number of aromatic nitrogens is 6. The van der Waals surface area contributed by atoms with E-state index in [1.807, 2.05) is 48.7 Å². The highest BCUT2D eigenvalue weighted by molar-refractivity contribution is 8.26. The van der Waals surface area contributed by atoms with E-state index in [9.17, 15) is 4.79 Å². The van der Waals surface area contributed by atoms with Gasteiger partial charge < -0.3 is 4.98 Å². The van der Waals surface area contributed by atoms with Gasteiger partial charge in [-0.2, -0.15) is 5.21 Å². The van der Waals surface area contributed by atoms with Crippen molar-refractivity contribution in [2.45, 2.75) is 19.3 Å². The van der Waals surface area contributed by atoms with Gasteiger partial charge in [-0.15, -0.1) is 10.2 Å². The van der Waals surface area contributed by atoms with Crippen LogP contribution in [-0.4, -0.2) is 52.3 Å². The summed E-state index contributed by atoms with van der Waals surface area (Å²) in [6.07, 6.45) is 6.11. The van der Waals surface area contributed by atoms with Crippen molar-refractivity contribution in [2.75, 3.05) is 6.54 Å². The lowest BCUT2D eigenvalue weighted by atomic mass is 10.1. The van der Waals surface area contributed by atoms with Gasteiger partial charge in [0.15, 0.2) is 5.82 Å². The highest BCUT2D eigenvalue weighted by Gasteiger charge is 2.31. The molecule has 0 bridgehead atoms. The first-order valence-electron chi connectivity index (χ1n) is 10.2. The molecule has 2 N–H and O–H groups in total. The molecule has 0 aliphatic carbocycles. The SMILES string of the molecule is O=C1C(=Cc2cccc(-c3ccc4[nH]ccc4c3)n2)SC(=S)N1CCCCc1nn[nH]n1. The van der Waals surface area contributed by atoms with E-state index >= 15 is 0 Å². The number of nitrogens with zero attached hydrogens (tertiary/aromatic N) is 5. The van der Waals surface area contributed by atoms with Crippen molar-refractivity contribution in [3.63, 3.8) is 0 Å². The molecule has 0 atom stereocenters. The molecule has 0 radical (unpaired) electrons. The summed E-state index contributed by atoms with van der Waals surface area (Å²) in [5, 5.41) is 15.0. The Hall–Kier alpha value is -3.37. The zero-order valence-electron chi connectivity index (χ0n) is 17.0. The Bertz CT molecular complexity index is 1310. The summed E-state index contributed by atoms with van der Waals surface area (Å²) >= 11 is 6.77. The number of H-pyrrole nitrogens is 2. The van der Waals surface area contributed by atoms with Crippen LogP contribution in [0.4, 0.5) is 0 Å². The molecule has 5 rings (SSSR count). The molecule has 0 unspecified atom stereocenters. The molecule has 10 heteroatoms. The summed E-state index contributed by atoms with van der Waals surface area (Å²) in [7, 11) is 0. The number of aryl methyl sites for hydroxylation is 1. The van der Waals surface area contributed by atoms with Crippen LogP contribution in [0.25, 0.3) is 28.2 Å². The topological polar surface area (TPSA) is 103 Å². The Balaban J connectivity index is 1.27. The van der Waals surface area contributed by atoms with Gasteiger partial charge in [-0.25, -0.2) is 4.98 Å². The fourth-order valence-electron chi connectivity index (χ4n) is 3.57. The Morgan fingerprint density at radius 3 is 2.97 bits per heavy atom. The van der Waals surface area contributed by atoms with Gasteiger partial charge in [0, 0.05) is 35.6 Å². The Morgan fingerprint density at radius 2 is 2.09 bits per heavy atom. The van der Waals surface area contributed by atoms with Gasteiger partial charge in [0.25, 0.3) is 5.91 Å². The number of thiocarbonyl (C=S) groups is 1. The van der Waals surface area contributed by atoms with Crippen LogP contribution < -0.4 is 0 Å². The second-order valence-corrected chi connectivity index (χ2v) is 9.02. The lowest BCUT2D eigenvalue weighted by Crippen LogP contribution is -2.29. The maximum atomic E-state index is 12.9. The van der Waals surface area contributed by atoms with Gasteiger partial charge >= 0.3 is 0 Å². The van der Waals surface area contributed by atoms with Crippen molar-refractivity contribution in [1.29, 1.82) is 0 Å². The van der Waals surface area contributed by atoms with Crippen molar-refractivity contribution >= 4 is 51.2 Å². The molecular formula is C22H19N7OS2. The summed E-state index contributed by atoms with van der Waals surface area (Å²) in [4.78, 5) is 23.1. The standard InChI is InChI=1S/C22H19N7OS2/c30-21-19(32-22(31)29(21)11-2-1-6-20-25-27-28-26-20)13-16-4-3-5-18(24-16)14-7-8-17-15(12-14)9-10-23-17/h3-5,7-10,12-13,23H,1-2,6,11H2,(H,25,26,27,28). The van der Waals surface area contributed by atoms with Crippen molar-refractivity contribution in [3.8, 4) is 11.3 Å². The molecule has 0 spiro atoms. The summed E-state index contributed by atoms with van der Waals surface area (Å²) in [5.41, 5.74) is 3.71. The third-order valence-corrected chi connectivity index (χ3v) is 6.57. The average molecular weight is 462 g/mol. The number of fused-ring (bicyclic) bond motifs is 1. The van der Waals surface area contributed by atoms with Crippen molar-refractivity contribution in [2.24, 2.45) is 0 Å². The molecule has 1 aliphatic rings. The van der Waals surface area contributed by atoms with Crippen LogP contribution in [0.2, 0.25) is 0 Å². The smallest absolute Gasteiger partial charge is 0.266 e. The molecule has 160 valence electrons. The van der Waals surface area contributed by atoms with E-state index in [1.54, 1.807) is 4.90 Å². The Labute approximate surface area is 193 Å². The number of pyridine rings is 1. The van der Waals surface area contributed by atoms with Gasteiger partial charge in [-0.05, 0) is 49.2 Å². The second-order valence-electron chi connectivity index (χ2n) is 7.35. The summed E-state index contributed by atoms with van der Waals surface area (Å²) in [5.74, 6) is 0.609. The number of benzene rings is 1. The van der Waals surface area contributed by atoms with E-state index < -0.39 is 0 Å². The number of carbonyl (C=O) groups is 1. The first kappa shape index (κ1) is 20.5. The number of hydrogen-bond acceptors (Lipinski definition) is 7. The minimum Gasteiger partial charge on any atom is -0.361 e. The molecule has 1 aromatic carbocycles. The molecular weight excluding hydrogens is 442 g/mol. The third-order valence-electron chi connectivity index (χ3n) is 5.19. The monoisotopic (exact) mass is 461 g/mol. The van der Waals surface area contributed by atoms with Crippen molar-refractivity contribution in [1.82, 2.24) is 35.5 Å². The molecule has 0 saturated carbocycles. The van der Waals surface area contributed by atoms with Gasteiger partial charge in [0.05, 0.1) is 16.3 Å². The first-order chi connectivity index (χ1) is 15.7. The predicted octanol–water partition coefficient (Wildman–Crippen LogP) is 3.97. The zero-order valence-corrected chi connectivity index (χ0v) is 18.6. The molecule has 1 aliphatic heterocycles. The normalized spacial score (nSPS) is 15.4. The lowest BCUT2D eigenvalue weighted by molar-refractivity contribution is -0.122. The molecule has 32 heavy (non-hydrogen) atoms. The molecule has 4 aromatic rings. The van der Waals surface area contributed by atoms with Gasteiger partial charge in [0.2, 0.25) is 0 Å². The Kier molecular flexibility index (Phi) is 5.78. The third kappa shape index (κ3) is 4.32. The van der Waals surface area contributed by atoms with E-state index in [4.69, 9.17) is 17.2 Å². The van der Waals surface area contributed by atoms with E-state index in [1.165, 1.54) is 11.8 Å². The van der Waals surface area contributed by atoms with Crippen LogP contribution in [0.3, 0.4) is 0 Å². The minimum absolute atomic E-state index is 0.0690. The van der Waals surface area contributed by atoms with Crippen LogP contribution in [0.1, 0.15) is 24.4 Å². The molecule has 4 heterocycles. The van der Waals surface area contributed by atoms with Crippen LogP contribution >= 0.6 is 24.0 Å². The average Bonchev–Trinajstić information content (AvgIpc) is 3.54.